The summed E-state index contributed by atoms with van der Waals surface area (Å²) in [5.74, 6) is 0.134. The van der Waals surface area contributed by atoms with E-state index in [2.05, 4.69) is 5.32 Å². The van der Waals surface area contributed by atoms with Gasteiger partial charge in [-0.2, -0.15) is 0 Å². The minimum Gasteiger partial charge on any atom is -0.493 e. The van der Waals surface area contributed by atoms with E-state index in [0.29, 0.717) is 5.75 Å². The van der Waals surface area contributed by atoms with Crippen LogP contribution in [-0.2, 0) is 4.79 Å². The Morgan fingerprint density at radius 2 is 1.86 bits per heavy atom. The van der Waals surface area contributed by atoms with Gasteiger partial charge in [0, 0.05) is 5.69 Å². The largest absolute Gasteiger partial charge is 0.493 e. The number of carbonyl (C=O) groups excluding carboxylic acids is 1. The molecule has 0 saturated carbocycles. The van der Waals surface area contributed by atoms with E-state index in [4.69, 9.17) is 4.74 Å². The van der Waals surface area contributed by atoms with Crippen molar-refractivity contribution in [3.8, 4) is 5.75 Å². The number of ether oxygens (including phenoxy) is 1. The highest BCUT2D eigenvalue weighted by molar-refractivity contribution is 5.91. The third-order valence-corrected chi connectivity index (χ3v) is 3.07. The van der Waals surface area contributed by atoms with Crippen LogP contribution in [0.15, 0.2) is 42.5 Å². The molecule has 0 spiro atoms. The van der Waals surface area contributed by atoms with Gasteiger partial charge in [-0.05, 0) is 49.7 Å². The summed E-state index contributed by atoms with van der Waals surface area (Å²) in [4.78, 5) is 11.8. The summed E-state index contributed by atoms with van der Waals surface area (Å²) >= 11 is 0. The van der Waals surface area contributed by atoms with E-state index in [9.17, 15) is 9.18 Å². The van der Waals surface area contributed by atoms with Crippen molar-refractivity contribution in [3.63, 3.8) is 0 Å². The molecule has 0 aliphatic heterocycles. The van der Waals surface area contributed by atoms with Crippen LogP contribution >= 0.6 is 0 Å². The van der Waals surface area contributed by atoms with E-state index >= 15 is 0 Å². The standard InChI is InChI=1S/C17H18FNO2/c1-12-3-8-16(13(2)11-12)19-17(20)9-10-21-15-6-4-14(18)5-7-15/h3-8,11H,9-10H2,1-2H3,(H,19,20). The van der Waals surface area contributed by atoms with Crippen LogP contribution in [0.25, 0.3) is 0 Å². The minimum atomic E-state index is -0.310. The van der Waals surface area contributed by atoms with Gasteiger partial charge >= 0.3 is 0 Å². The van der Waals surface area contributed by atoms with E-state index in [1.807, 2.05) is 32.0 Å². The molecule has 2 aromatic rings. The second-order valence-electron chi connectivity index (χ2n) is 4.92. The summed E-state index contributed by atoms with van der Waals surface area (Å²) < 4.78 is 18.1. The average molecular weight is 287 g/mol. The first kappa shape index (κ1) is 15.0. The van der Waals surface area contributed by atoms with Crippen molar-refractivity contribution in [3.05, 3.63) is 59.4 Å². The quantitative estimate of drug-likeness (QED) is 0.907. The molecule has 110 valence electrons. The molecule has 21 heavy (non-hydrogen) atoms. The molecule has 4 heteroatoms. The highest BCUT2D eigenvalue weighted by Gasteiger charge is 2.05. The molecule has 2 aromatic carbocycles. The van der Waals surface area contributed by atoms with Gasteiger partial charge < -0.3 is 10.1 Å². The SMILES string of the molecule is Cc1ccc(NC(=O)CCOc2ccc(F)cc2)c(C)c1. The lowest BCUT2D eigenvalue weighted by Crippen LogP contribution is -2.15. The van der Waals surface area contributed by atoms with Crippen molar-refractivity contribution >= 4 is 11.6 Å². The van der Waals surface area contributed by atoms with Crippen molar-refractivity contribution in [2.45, 2.75) is 20.3 Å². The van der Waals surface area contributed by atoms with Crippen LogP contribution in [-0.4, -0.2) is 12.5 Å². The maximum Gasteiger partial charge on any atom is 0.227 e. The van der Waals surface area contributed by atoms with Crippen LogP contribution < -0.4 is 10.1 Å². The van der Waals surface area contributed by atoms with Gasteiger partial charge in [0.1, 0.15) is 11.6 Å². The van der Waals surface area contributed by atoms with Gasteiger partial charge in [0.05, 0.1) is 13.0 Å². The number of halogens is 1. The molecule has 0 fully saturated rings. The Morgan fingerprint density at radius 3 is 2.52 bits per heavy atom. The monoisotopic (exact) mass is 287 g/mol. The van der Waals surface area contributed by atoms with Crippen LogP contribution in [0, 0.1) is 19.7 Å². The van der Waals surface area contributed by atoms with Crippen LogP contribution in [0.1, 0.15) is 17.5 Å². The summed E-state index contributed by atoms with van der Waals surface area (Å²) in [7, 11) is 0. The molecule has 1 amide bonds. The maximum absolute atomic E-state index is 12.7. The lowest BCUT2D eigenvalue weighted by Gasteiger charge is -2.10. The molecule has 0 aliphatic rings. The molecule has 0 saturated heterocycles. The van der Waals surface area contributed by atoms with Gasteiger partial charge in [0.25, 0.3) is 0 Å². The first-order valence-electron chi connectivity index (χ1n) is 6.80. The highest BCUT2D eigenvalue weighted by Crippen LogP contribution is 2.16. The van der Waals surface area contributed by atoms with Crippen molar-refractivity contribution in [1.82, 2.24) is 0 Å². The second kappa shape index (κ2) is 6.88. The van der Waals surface area contributed by atoms with Crippen molar-refractivity contribution in [2.24, 2.45) is 0 Å². The zero-order valence-corrected chi connectivity index (χ0v) is 12.2. The van der Waals surface area contributed by atoms with E-state index < -0.39 is 0 Å². The topological polar surface area (TPSA) is 38.3 Å². The summed E-state index contributed by atoms with van der Waals surface area (Å²) in [6.45, 7) is 4.22. The molecular formula is C17H18FNO2. The Hall–Kier alpha value is -2.36. The van der Waals surface area contributed by atoms with Gasteiger partial charge in [-0.3, -0.25) is 4.79 Å². The fourth-order valence-electron chi connectivity index (χ4n) is 1.96. The molecule has 0 atom stereocenters. The summed E-state index contributed by atoms with van der Waals surface area (Å²) in [6.07, 6.45) is 0.241. The van der Waals surface area contributed by atoms with E-state index in [1.54, 1.807) is 0 Å². The molecule has 1 N–H and O–H groups in total. The number of aryl methyl sites for hydroxylation is 2. The third kappa shape index (κ3) is 4.60. The van der Waals surface area contributed by atoms with Crippen molar-refractivity contribution < 1.29 is 13.9 Å². The number of rotatable bonds is 5. The predicted molar refractivity (Wildman–Crippen MR) is 81.1 cm³/mol. The van der Waals surface area contributed by atoms with Crippen LogP contribution in [0.4, 0.5) is 10.1 Å². The molecule has 0 bridgehead atoms. The number of amides is 1. The fraction of sp³-hybridized carbons (Fsp3) is 0.235. The Kier molecular flexibility index (Phi) is 4.93. The molecule has 0 aliphatic carbocycles. The number of hydrogen-bond acceptors (Lipinski definition) is 2. The summed E-state index contributed by atoms with van der Waals surface area (Å²) in [6, 6.07) is 11.6. The highest BCUT2D eigenvalue weighted by atomic mass is 19.1. The van der Waals surface area contributed by atoms with Crippen LogP contribution in [0.5, 0.6) is 5.75 Å². The second-order valence-corrected chi connectivity index (χ2v) is 4.92. The number of carbonyl (C=O) groups is 1. The predicted octanol–water partition coefficient (Wildman–Crippen LogP) is 3.85. The van der Waals surface area contributed by atoms with Crippen LogP contribution in [0.3, 0.4) is 0 Å². The van der Waals surface area contributed by atoms with Crippen LogP contribution in [0.2, 0.25) is 0 Å². The molecule has 0 radical (unpaired) electrons. The minimum absolute atomic E-state index is 0.107. The molecule has 0 unspecified atom stereocenters. The first-order chi connectivity index (χ1) is 10.0. The lowest BCUT2D eigenvalue weighted by atomic mass is 10.1. The van der Waals surface area contributed by atoms with Crippen molar-refractivity contribution in [2.75, 3.05) is 11.9 Å². The normalized spacial score (nSPS) is 10.2. The number of hydrogen-bond donors (Lipinski definition) is 1. The molecule has 3 nitrogen and oxygen atoms in total. The van der Waals surface area contributed by atoms with E-state index in [1.165, 1.54) is 24.3 Å². The Balaban J connectivity index is 1.81. The third-order valence-electron chi connectivity index (χ3n) is 3.07. The number of nitrogens with one attached hydrogen (secondary N) is 1. The van der Waals surface area contributed by atoms with E-state index in [-0.39, 0.29) is 24.8 Å². The van der Waals surface area contributed by atoms with Gasteiger partial charge in [-0.25, -0.2) is 4.39 Å². The average Bonchev–Trinajstić information content (AvgIpc) is 2.44. The fourth-order valence-corrected chi connectivity index (χ4v) is 1.96. The molecule has 0 aromatic heterocycles. The Labute approximate surface area is 123 Å². The maximum atomic E-state index is 12.7. The summed E-state index contributed by atoms with van der Waals surface area (Å²) in [5, 5.41) is 2.85. The van der Waals surface area contributed by atoms with Crippen molar-refractivity contribution in [1.29, 1.82) is 0 Å². The lowest BCUT2D eigenvalue weighted by molar-refractivity contribution is -0.116. The Bertz CT molecular complexity index is 623. The Morgan fingerprint density at radius 1 is 1.14 bits per heavy atom. The van der Waals surface area contributed by atoms with Gasteiger partial charge in [0.15, 0.2) is 0 Å². The van der Waals surface area contributed by atoms with Gasteiger partial charge in [0.2, 0.25) is 5.91 Å². The first-order valence-corrected chi connectivity index (χ1v) is 6.80. The zero-order chi connectivity index (χ0) is 15.2. The molecular weight excluding hydrogens is 269 g/mol. The van der Waals surface area contributed by atoms with Gasteiger partial charge in [-0.15, -0.1) is 0 Å². The van der Waals surface area contributed by atoms with Gasteiger partial charge in [-0.1, -0.05) is 17.7 Å². The number of anilines is 1. The summed E-state index contributed by atoms with van der Waals surface area (Å²) in [5.41, 5.74) is 3.00. The van der Waals surface area contributed by atoms with E-state index in [0.717, 1.165) is 16.8 Å². The zero-order valence-electron chi connectivity index (χ0n) is 12.2. The molecule has 0 heterocycles. The smallest absolute Gasteiger partial charge is 0.227 e. The number of benzene rings is 2. The molecule has 2 rings (SSSR count).